The molecule has 0 saturated heterocycles. The van der Waals surface area contributed by atoms with E-state index in [1.54, 1.807) is 12.4 Å². The van der Waals surface area contributed by atoms with Crippen LogP contribution in [-0.2, 0) is 4.57 Å². The van der Waals surface area contributed by atoms with Gasteiger partial charge in [0, 0.05) is 12.4 Å². The minimum Gasteiger partial charge on any atom is -0.265 e. The molecule has 1 aromatic rings. The van der Waals surface area contributed by atoms with Gasteiger partial charge < -0.3 is 0 Å². The predicted molar refractivity (Wildman–Crippen MR) is 37.7 cm³/mol. The van der Waals surface area contributed by atoms with Crippen LogP contribution in [0, 0.1) is 0 Å². The molecule has 0 amide bonds. The summed E-state index contributed by atoms with van der Waals surface area (Å²) in [6, 6.07) is 5.72. The van der Waals surface area contributed by atoms with E-state index in [0.717, 1.165) is 0 Å². The number of halogens is 1. The van der Waals surface area contributed by atoms with Crippen LogP contribution in [0.5, 0.6) is 0 Å². The van der Waals surface area contributed by atoms with Crippen molar-refractivity contribution < 1.29 is 4.57 Å². The first-order valence-electron chi connectivity index (χ1n) is 2.20. The summed E-state index contributed by atoms with van der Waals surface area (Å²) in [5, 5.41) is 0. The van der Waals surface area contributed by atoms with Crippen LogP contribution in [0.1, 0.15) is 0 Å². The fourth-order valence-electron chi connectivity index (χ4n) is 0.313. The number of nitrogens with zero attached hydrogens (tertiary/aromatic N) is 1. The second-order valence-electron chi connectivity index (χ2n) is 1.09. The van der Waals surface area contributed by atoms with Gasteiger partial charge in [-0.05, 0) is 23.4 Å². The Morgan fingerprint density at radius 3 is 1.78 bits per heavy atom. The summed E-state index contributed by atoms with van der Waals surface area (Å²) in [6.45, 7) is 0. The predicted octanol–water partition coefficient (Wildman–Crippen LogP) is 2.51. The molecule has 0 saturated carbocycles. The van der Waals surface area contributed by atoms with E-state index in [-0.39, 0.29) is 7.81 Å². The highest BCUT2D eigenvalue weighted by Crippen LogP contribution is 1.92. The minimum absolute atomic E-state index is 0.361. The first kappa shape index (κ1) is 8.54. The van der Waals surface area contributed by atoms with Crippen molar-refractivity contribution in [2.24, 2.45) is 0 Å². The molecule has 1 heterocycles. The third-order valence-electron chi connectivity index (χ3n) is 0.566. The lowest BCUT2D eigenvalue weighted by Gasteiger charge is -1.70. The SMILES string of the molecule is O=PCl.c1ccncc1. The Labute approximate surface area is 59.9 Å². The van der Waals surface area contributed by atoms with Gasteiger partial charge in [0.25, 0.3) is 7.81 Å². The number of rotatable bonds is 0. The van der Waals surface area contributed by atoms with Crippen molar-refractivity contribution in [1.29, 1.82) is 0 Å². The van der Waals surface area contributed by atoms with Gasteiger partial charge in [-0.1, -0.05) is 6.07 Å². The van der Waals surface area contributed by atoms with Gasteiger partial charge in [0.15, 0.2) is 0 Å². The third-order valence-corrected chi connectivity index (χ3v) is 0.566. The smallest absolute Gasteiger partial charge is 0.265 e. The number of pyridine rings is 1. The fourth-order valence-corrected chi connectivity index (χ4v) is 0.313. The Kier molecular flexibility index (Phi) is 7.15. The molecule has 1 aromatic heterocycles. The molecule has 0 bridgehead atoms. The summed E-state index contributed by atoms with van der Waals surface area (Å²) in [6.07, 6.45) is 3.50. The maximum absolute atomic E-state index is 8.67. The van der Waals surface area contributed by atoms with Crippen LogP contribution >= 0.6 is 19.1 Å². The van der Waals surface area contributed by atoms with E-state index >= 15 is 0 Å². The van der Waals surface area contributed by atoms with Crippen molar-refractivity contribution in [3.63, 3.8) is 0 Å². The zero-order valence-corrected chi connectivity index (χ0v) is 6.22. The van der Waals surface area contributed by atoms with E-state index in [9.17, 15) is 0 Å². The van der Waals surface area contributed by atoms with E-state index in [0.29, 0.717) is 0 Å². The third kappa shape index (κ3) is 7.54. The fraction of sp³-hybridized carbons (Fsp3) is 0. The molecule has 0 aliphatic rings. The molecule has 0 N–H and O–H groups in total. The molecule has 1 rings (SSSR count). The molecular formula is C5H5ClNOP. The second-order valence-corrected chi connectivity index (χ2v) is 1.65. The van der Waals surface area contributed by atoms with Gasteiger partial charge in [-0.3, -0.25) is 9.55 Å². The largest absolute Gasteiger partial charge is 0.267 e. The minimum atomic E-state index is -0.361. The zero-order valence-electron chi connectivity index (χ0n) is 4.57. The molecule has 9 heavy (non-hydrogen) atoms. The van der Waals surface area contributed by atoms with Crippen LogP contribution in [0.15, 0.2) is 30.6 Å². The molecule has 48 valence electrons. The summed E-state index contributed by atoms with van der Waals surface area (Å²) in [5.74, 6) is 0. The Bertz CT molecular complexity index is 120. The van der Waals surface area contributed by atoms with Crippen LogP contribution in [-0.4, -0.2) is 4.98 Å². The lowest BCUT2D eigenvalue weighted by molar-refractivity contribution is 0.605. The van der Waals surface area contributed by atoms with Crippen molar-refractivity contribution in [2.45, 2.75) is 0 Å². The molecule has 0 fully saturated rings. The highest BCUT2D eigenvalue weighted by molar-refractivity contribution is 7.57. The van der Waals surface area contributed by atoms with Crippen molar-refractivity contribution in [3.05, 3.63) is 30.6 Å². The van der Waals surface area contributed by atoms with Crippen LogP contribution < -0.4 is 0 Å². The van der Waals surface area contributed by atoms with E-state index in [4.69, 9.17) is 4.57 Å². The molecule has 0 spiro atoms. The molecule has 0 unspecified atom stereocenters. The topological polar surface area (TPSA) is 30.0 Å². The number of hydrogen-bond acceptors (Lipinski definition) is 2. The van der Waals surface area contributed by atoms with Gasteiger partial charge in [-0.25, -0.2) is 0 Å². The molecule has 0 aliphatic carbocycles. The normalized spacial score (nSPS) is 7.67. The Hall–Kier alpha value is -0.460. The van der Waals surface area contributed by atoms with Gasteiger partial charge in [0.05, 0.1) is 0 Å². The maximum Gasteiger partial charge on any atom is 0.267 e. The summed E-state index contributed by atoms with van der Waals surface area (Å²) in [7, 11) is -0.361. The van der Waals surface area contributed by atoms with Crippen LogP contribution in [0.2, 0.25) is 0 Å². The lowest BCUT2D eigenvalue weighted by Crippen LogP contribution is -1.58. The summed E-state index contributed by atoms with van der Waals surface area (Å²) in [4.78, 5) is 3.78. The van der Waals surface area contributed by atoms with E-state index in [1.807, 2.05) is 18.2 Å². The van der Waals surface area contributed by atoms with Crippen LogP contribution in [0.4, 0.5) is 0 Å². The highest BCUT2D eigenvalue weighted by Gasteiger charge is 1.58. The van der Waals surface area contributed by atoms with E-state index in [2.05, 4.69) is 16.2 Å². The van der Waals surface area contributed by atoms with Gasteiger partial charge in [-0.15, -0.1) is 0 Å². The van der Waals surface area contributed by atoms with Crippen molar-refractivity contribution in [3.8, 4) is 0 Å². The zero-order chi connectivity index (χ0) is 6.95. The van der Waals surface area contributed by atoms with Crippen molar-refractivity contribution in [2.75, 3.05) is 0 Å². The van der Waals surface area contributed by atoms with Gasteiger partial charge in [0.2, 0.25) is 0 Å². The molecule has 4 heteroatoms. The Morgan fingerprint density at radius 2 is 1.67 bits per heavy atom. The Morgan fingerprint density at radius 1 is 1.22 bits per heavy atom. The standard InChI is InChI=1S/C5H5N.ClOP/c1-2-4-6-5-3-1;1-3-2/h1-5H;. The van der Waals surface area contributed by atoms with Crippen LogP contribution in [0.25, 0.3) is 0 Å². The first-order valence-corrected chi connectivity index (χ1v) is 3.92. The molecule has 0 radical (unpaired) electrons. The molecule has 0 aliphatic heterocycles. The van der Waals surface area contributed by atoms with Crippen molar-refractivity contribution >= 4 is 19.1 Å². The van der Waals surface area contributed by atoms with Crippen LogP contribution in [0.3, 0.4) is 0 Å². The van der Waals surface area contributed by atoms with Crippen molar-refractivity contribution in [1.82, 2.24) is 4.98 Å². The van der Waals surface area contributed by atoms with Gasteiger partial charge in [-0.2, -0.15) is 0 Å². The molecule has 0 aromatic carbocycles. The molecule has 2 nitrogen and oxygen atoms in total. The first-order chi connectivity index (χ1) is 4.41. The monoisotopic (exact) mass is 161 g/mol. The highest BCUT2D eigenvalue weighted by atomic mass is 35.7. The van der Waals surface area contributed by atoms with E-state index in [1.165, 1.54) is 0 Å². The summed E-state index contributed by atoms with van der Waals surface area (Å²) in [5.41, 5.74) is 0. The Balaban J connectivity index is 0.000000187. The number of hydrogen-bond donors (Lipinski definition) is 0. The summed E-state index contributed by atoms with van der Waals surface area (Å²) >= 11 is 4.42. The van der Waals surface area contributed by atoms with E-state index < -0.39 is 0 Å². The quantitative estimate of drug-likeness (QED) is 0.548. The molecular weight excluding hydrogens is 156 g/mol. The summed E-state index contributed by atoms with van der Waals surface area (Å²) < 4.78 is 8.67. The second kappa shape index (κ2) is 7.54. The average Bonchev–Trinajstić information content (AvgIpc) is 1.93. The average molecular weight is 162 g/mol. The molecule has 0 atom stereocenters. The lowest BCUT2D eigenvalue weighted by atomic mass is 10.5. The van der Waals surface area contributed by atoms with Gasteiger partial charge in [0.1, 0.15) is 0 Å². The van der Waals surface area contributed by atoms with Gasteiger partial charge >= 0.3 is 0 Å². The number of aromatic nitrogens is 1. The maximum atomic E-state index is 8.67.